The number of rotatable bonds is 3. The Hall–Kier alpha value is -8.43. The molecule has 26 heteroatoms. The number of fused-ring (bicyclic) bond motifs is 4. The number of hydrogen-bond acceptors (Lipinski definition) is 13. The van der Waals surface area contributed by atoms with Crippen molar-refractivity contribution in [3.05, 3.63) is 147 Å². The number of halogens is 4. The smallest absolute Gasteiger partial charge is 0.762 e. The summed E-state index contributed by atoms with van der Waals surface area (Å²) in [5, 5.41) is 59.4. The van der Waals surface area contributed by atoms with E-state index in [2.05, 4.69) is 73.5 Å². The van der Waals surface area contributed by atoms with Gasteiger partial charge in [0, 0.05) is 45.9 Å². The minimum Gasteiger partial charge on any atom is -1.00 e. The van der Waals surface area contributed by atoms with Crippen LogP contribution in [0.2, 0.25) is 0 Å². The number of aromatic amines is 4. The summed E-state index contributed by atoms with van der Waals surface area (Å²) in [6.45, 7) is 9.86. The van der Waals surface area contributed by atoms with Crippen molar-refractivity contribution in [2.24, 2.45) is 0 Å². The SMILES string of the molecule is C.C.C.C.CC1(C)OB(c2cccc3[nH]ncc23)OC1(C)C.Cc1c(N)cccc1[N+](=O)[O-].FB(F)F.N#[N+]c1cccc2[nH]ncc12.Nc1cccc2[nH]ncc12.O=[N+]([O-])c1cccc2[nH]ncc12.[F-]. The number of nitrogens with two attached hydrogens (primary N) is 2. The quantitative estimate of drug-likeness (QED) is 0.0242. The molecule has 5 aromatic carbocycles. The number of aromatic nitrogens is 8. The number of benzene rings is 5. The van der Waals surface area contributed by atoms with E-state index in [4.69, 9.17) is 26.2 Å². The number of nitrogen functional groups attached to an aromatic ring is 2. The molecule has 1 aliphatic heterocycles. The number of nitro groups is 2. The lowest BCUT2D eigenvalue weighted by Gasteiger charge is -2.32. The third-order valence-electron chi connectivity index (χ3n) is 10.3. The lowest BCUT2D eigenvalue weighted by atomic mass is 9.77. The lowest BCUT2D eigenvalue weighted by molar-refractivity contribution is -0.385. The first-order valence-electron chi connectivity index (χ1n) is 19.6. The van der Waals surface area contributed by atoms with E-state index in [9.17, 15) is 33.2 Å². The van der Waals surface area contributed by atoms with Crippen LogP contribution in [0.1, 0.15) is 63.0 Å². The summed E-state index contributed by atoms with van der Waals surface area (Å²) in [5.41, 5.74) is 17.5. The maximum atomic E-state index is 10.5. The molecule has 0 radical (unpaired) electrons. The highest BCUT2D eigenvalue weighted by Crippen LogP contribution is 2.37. The standard InChI is InChI=1S/C13H17BN2O2.C7H5N4.C7H5N3O2.C7H7N3.C7H8N2O2.4CH4.BF3.FH/c1-12(2)13(3,4)18-14(17-12)10-6-5-7-11-9(10)8-15-16-11;8-10-6-2-1-3-7-5(6)4-9-11-7;11-10(12)7-3-1-2-6-5(7)4-8-9-6;8-6-2-1-3-7-5(6)4-9-10-7;1-5-6(8)3-2-4-7(5)9(10)11;;;;;2-1(3)4;/h5-8H,1-4H3,(H,15,16);1-4H,(H,9,11);1-4H,(H,8,9);1-4H,8H2,(H,9,10);2-4H,8H2,1H3;4*1H4;;1H/q;+1;;;;;;;;;/p-1. The van der Waals surface area contributed by atoms with Gasteiger partial charge in [-0.1, -0.05) is 66.1 Å². The van der Waals surface area contributed by atoms with Crippen LogP contribution in [0.5, 0.6) is 0 Å². The van der Waals surface area contributed by atoms with Crippen LogP contribution in [0.3, 0.4) is 0 Å². The average Bonchev–Trinajstić information content (AvgIpc) is 4.13. The number of nitro benzene ring substituents is 2. The molecule has 0 aliphatic carbocycles. The largest absolute Gasteiger partial charge is 1.00 e. The second-order valence-electron chi connectivity index (χ2n) is 15.0. The van der Waals surface area contributed by atoms with E-state index in [1.54, 1.807) is 55.7 Å². The van der Waals surface area contributed by atoms with Gasteiger partial charge in [0.2, 0.25) is 5.39 Å². The minimum atomic E-state index is -3.67. The first kappa shape index (κ1) is 62.6. The first-order chi connectivity index (χ1) is 31.3. The van der Waals surface area contributed by atoms with Gasteiger partial charge in [-0.2, -0.15) is 20.4 Å². The Morgan fingerprint density at radius 1 is 0.606 bits per heavy atom. The zero-order valence-electron chi connectivity index (χ0n) is 36.3. The van der Waals surface area contributed by atoms with Gasteiger partial charge in [-0.3, -0.25) is 53.6 Å². The zero-order chi connectivity index (χ0) is 48.2. The fraction of sp³-hybridized carbons (Fsp3) is 0.244. The van der Waals surface area contributed by atoms with Gasteiger partial charge >= 0.3 is 20.3 Å². The van der Waals surface area contributed by atoms with Crippen LogP contribution in [-0.2, 0) is 9.31 Å². The van der Waals surface area contributed by atoms with Crippen molar-refractivity contribution in [1.29, 1.82) is 5.39 Å². The highest BCUT2D eigenvalue weighted by molar-refractivity contribution is 6.65. The Labute approximate surface area is 407 Å². The molecular weight excluding hydrogens is 930 g/mol. The van der Waals surface area contributed by atoms with Crippen LogP contribution < -0.4 is 21.6 Å². The van der Waals surface area contributed by atoms with Crippen LogP contribution >= 0.6 is 0 Å². The molecule has 0 saturated carbocycles. The van der Waals surface area contributed by atoms with Crippen molar-refractivity contribution < 1.29 is 36.8 Å². The highest BCUT2D eigenvalue weighted by Gasteiger charge is 2.52. The predicted molar refractivity (Wildman–Crippen MR) is 274 cm³/mol. The molecule has 20 nitrogen and oxygen atoms in total. The predicted octanol–water partition coefficient (Wildman–Crippen LogP) is 8.44. The summed E-state index contributed by atoms with van der Waals surface area (Å²) in [6, 6.07) is 26.6. The maximum Gasteiger partial charge on any atom is 0.762 e. The molecule has 0 spiro atoms. The molecular formula is C45H58B2F4N14O6. The van der Waals surface area contributed by atoms with Crippen LogP contribution in [0.4, 0.5) is 41.4 Å². The van der Waals surface area contributed by atoms with Gasteiger partial charge in [-0.05, 0) is 76.5 Å². The van der Waals surface area contributed by atoms with Crippen molar-refractivity contribution >= 4 is 92.2 Å². The molecule has 10 rings (SSSR count). The van der Waals surface area contributed by atoms with Crippen molar-refractivity contribution in [3.63, 3.8) is 0 Å². The average molecular weight is 989 g/mol. The van der Waals surface area contributed by atoms with E-state index in [0.717, 1.165) is 43.9 Å². The summed E-state index contributed by atoms with van der Waals surface area (Å²) in [7, 11) is -4.00. The highest BCUT2D eigenvalue weighted by atomic mass is 19.4. The number of H-pyrrole nitrogens is 4. The number of nitrogens with one attached hydrogen (secondary N) is 4. The number of non-ortho nitro benzene ring substituents is 1. The van der Waals surface area contributed by atoms with Crippen LogP contribution in [0, 0.1) is 32.5 Å². The van der Waals surface area contributed by atoms with Crippen molar-refractivity contribution in [2.45, 2.75) is 75.5 Å². The summed E-state index contributed by atoms with van der Waals surface area (Å²) in [4.78, 5) is 23.1. The first-order valence-corrected chi connectivity index (χ1v) is 19.6. The van der Waals surface area contributed by atoms with E-state index in [-0.39, 0.29) is 64.1 Å². The summed E-state index contributed by atoms with van der Waals surface area (Å²) in [5.74, 6) is 0. The summed E-state index contributed by atoms with van der Waals surface area (Å²) in [6.07, 6.45) is 6.62. The Morgan fingerprint density at radius 3 is 1.45 bits per heavy atom. The molecule has 1 fully saturated rings. The molecule has 8 N–H and O–H groups in total. The Morgan fingerprint density at radius 2 is 0.972 bits per heavy atom. The minimum absolute atomic E-state index is 0. The molecule has 71 heavy (non-hydrogen) atoms. The Kier molecular flexibility index (Phi) is 24.3. The number of anilines is 2. The van der Waals surface area contributed by atoms with E-state index in [1.807, 2.05) is 48.7 Å². The summed E-state index contributed by atoms with van der Waals surface area (Å²) < 4.78 is 41.1. The second-order valence-corrected chi connectivity index (χ2v) is 15.0. The fourth-order valence-electron chi connectivity index (χ4n) is 6.15. The Balaban J connectivity index is 0.000000844. The van der Waals surface area contributed by atoms with Crippen molar-refractivity contribution in [2.75, 3.05) is 11.5 Å². The zero-order valence-corrected chi connectivity index (χ0v) is 36.3. The van der Waals surface area contributed by atoms with Crippen LogP contribution in [0.25, 0.3) is 48.6 Å². The Bertz CT molecular complexity index is 3100. The van der Waals surface area contributed by atoms with Gasteiger partial charge in [0.1, 0.15) is 5.39 Å². The molecule has 1 aliphatic rings. The molecule has 1 saturated heterocycles. The monoisotopic (exact) mass is 988 g/mol. The van der Waals surface area contributed by atoms with Gasteiger partial charge in [0.15, 0.2) is 4.98 Å². The molecule has 378 valence electrons. The molecule has 0 bridgehead atoms. The van der Waals surface area contributed by atoms with Crippen molar-refractivity contribution in [1.82, 2.24) is 40.8 Å². The van der Waals surface area contributed by atoms with Crippen LogP contribution in [0.15, 0.2) is 116 Å². The third-order valence-corrected chi connectivity index (χ3v) is 10.3. The topological polar surface area (TPSA) is 300 Å². The third kappa shape index (κ3) is 15.5. The van der Waals surface area contributed by atoms with Gasteiger partial charge in [-0.15, -0.1) is 0 Å². The van der Waals surface area contributed by atoms with Crippen molar-refractivity contribution in [3.8, 4) is 0 Å². The number of hydrogen-bond donors (Lipinski definition) is 6. The second kappa shape index (κ2) is 27.5. The fourth-order valence-corrected chi connectivity index (χ4v) is 6.15. The van der Waals surface area contributed by atoms with Gasteiger partial charge in [0.25, 0.3) is 11.4 Å². The van der Waals surface area contributed by atoms with E-state index >= 15 is 0 Å². The van der Waals surface area contributed by atoms with E-state index in [1.165, 1.54) is 18.3 Å². The number of diazo groups is 1. The molecule has 0 atom stereocenters. The molecule has 0 amide bonds. The molecule has 4 aromatic heterocycles. The lowest BCUT2D eigenvalue weighted by Crippen LogP contribution is -3.00. The summed E-state index contributed by atoms with van der Waals surface area (Å²) >= 11 is 0. The molecule has 9 aromatic rings. The molecule has 0 unspecified atom stereocenters. The number of nitrogens with zero attached hydrogens (tertiary/aromatic N) is 8. The molecule has 5 heterocycles. The van der Waals surface area contributed by atoms with Gasteiger partial charge in [0.05, 0.1) is 73.3 Å². The van der Waals surface area contributed by atoms with Gasteiger partial charge in [-0.25, -0.2) is 0 Å². The van der Waals surface area contributed by atoms with Crippen LogP contribution in [-0.4, -0.2) is 76.5 Å². The normalized spacial score (nSPS) is 12.1. The van der Waals surface area contributed by atoms with E-state index in [0.29, 0.717) is 27.8 Å². The maximum absolute atomic E-state index is 10.5. The van der Waals surface area contributed by atoms with E-state index < -0.39 is 17.4 Å². The van der Waals surface area contributed by atoms with Gasteiger partial charge < -0.3 is 25.5 Å².